The molecule has 0 saturated heterocycles. The topological polar surface area (TPSA) is 86.7 Å². The number of hydrogen-bond donors (Lipinski definition) is 0. The fourth-order valence-corrected chi connectivity index (χ4v) is 2.44. The second kappa shape index (κ2) is 11.0. The molecule has 23 heavy (non-hydrogen) atoms. The molecule has 0 bridgehead atoms. The summed E-state index contributed by atoms with van der Waals surface area (Å²) < 4.78 is 8.95. The zero-order valence-electron chi connectivity index (χ0n) is 13.6. The number of hydrogen-bond acceptors (Lipinski definition) is 6. The molecule has 0 aromatic rings. The Morgan fingerprint density at radius 1 is 1.09 bits per heavy atom. The van der Waals surface area contributed by atoms with Crippen LogP contribution in [0.25, 0.3) is 0 Å². The Kier molecular flexibility index (Phi) is 10.2. The highest BCUT2D eigenvalue weighted by Gasteiger charge is 2.24. The van der Waals surface area contributed by atoms with Crippen LogP contribution in [-0.2, 0) is 28.7 Å². The van der Waals surface area contributed by atoms with E-state index >= 15 is 0 Å². The first-order valence-corrected chi connectivity index (χ1v) is 7.32. The van der Waals surface area contributed by atoms with Gasteiger partial charge in [-0.15, -0.1) is 0 Å². The van der Waals surface area contributed by atoms with Crippen LogP contribution in [0.1, 0.15) is 44.9 Å². The predicted octanol–water partition coefficient (Wildman–Crippen LogP) is 1.87. The molecule has 0 amide bonds. The SMILES string of the molecule is COC(=O)CC1=CC(=O)CC1.COC(=O)C[C@H]1CCC(=O)C1.S. The fraction of sp³-hybridized carbons (Fsp3) is 0.625. The molecule has 0 heterocycles. The quantitative estimate of drug-likeness (QED) is 0.724. The van der Waals surface area contributed by atoms with Crippen molar-refractivity contribution >= 4 is 37.0 Å². The molecule has 7 heteroatoms. The first kappa shape index (κ1) is 21.4. The molecule has 0 aromatic carbocycles. The van der Waals surface area contributed by atoms with Gasteiger partial charge in [0.05, 0.1) is 20.6 Å². The van der Waals surface area contributed by atoms with Gasteiger partial charge in [-0.3, -0.25) is 19.2 Å². The lowest BCUT2D eigenvalue weighted by Gasteiger charge is -2.04. The zero-order valence-corrected chi connectivity index (χ0v) is 14.6. The second-order valence-corrected chi connectivity index (χ2v) is 5.45. The molecule has 2 aliphatic rings. The van der Waals surface area contributed by atoms with Gasteiger partial charge in [-0.1, -0.05) is 5.57 Å². The van der Waals surface area contributed by atoms with Crippen LogP contribution in [0.4, 0.5) is 0 Å². The van der Waals surface area contributed by atoms with E-state index in [1.165, 1.54) is 20.3 Å². The standard InChI is InChI=1S/C8H12O3.C8H10O3.H2S/c2*1-11-8(10)5-6-2-3-7(9)4-6;/h6H,2-5H2,1H3;4H,2-3,5H2,1H3;1H2/t6-;;/m0../s1. The van der Waals surface area contributed by atoms with Crippen molar-refractivity contribution in [3.05, 3.63) is 11.6 Å². The molecule has 2 aliphatic carbocycles. The van der Waals surface area contributed by atoms with Crippen molar-refractivity contribution in [1.29, 1.82) is 0 Å². The Balaban J connectivity index is 0.000000403. The Bertz CT molecular complexity index is 483. The van der Waals surface area contributed by atoms with Gasteiger partial charge in [0, 0.05) is 25.7 Å². The van der Waals surface area contributed by atoms with Gasteiger partial charge >= 0.3 is 11.9 Å². The molecule has 1 fully saturated rings. The monoisotopic (exact) mass is 344 g/mol. The van der Waals surface area contributed by atoms with Gasteiger partial charge in [0.15, 0.2) is 5.78 Å². The fourth-order valence-electron chi connectivity index (χ4n) is 2.44. The third-order valence-electron chi connectivity index (χ3n) is 3.69. The van der Waals surface area contributed by atoms with Crippen molar-refractivity contribution < 1.29 is 28.7 Å². The summed E-state index contributed by atoms with van der Waals surface area (Å²) in [4.78, 5) is 42.9. The molecule has 0 aromatic heterocycles. The van der Waals surface area contributed by atoms with E-state index in [1.807, 2.05) is 0 Å². The zero-order chi connectivity index (χ0) is 16.5. The Morgan fingerprint density at radius 2 is 1.74 bits per heavy atom. The van der Waals surface area contributed by atoms with Gasteiger partial charge in [-0.25, -0.2) is 0 Å². The molecule has 0 aliphatic heterocycles. The highest BCUT2D eigenvalue weighted by Crippen LogP contribution is 2.24. The number of ether oxygens (including phenoxy) is 2. The van der Waals surface area contributed by atoms with Crippen molar-refractivity contribution in [3.63, 3.8) is 0 Å². The Labute approximate surface area is 143 Å². The number of Topliss-reactive ketones (excluding diaryl/α,β-unsaturated/α-hetero) is 1. The lowest BCUT2D eigenvalue weighted by Crippen LogP contribution is -2.07. The predicted molar refractivity (Wildman–Crippen MR) is 88.3 cm³/mol. The van der Waals surface area contributed by atoms with E-state index in [4.69, 9.17) is 0 Å². The minimum Gasteiger partial charge on any atom is -0.469 e. The summed E-state index contributed by atoms with van der Waals surface area (Å²) >= 11 is 0. The van der Waals surface area contributed by atoms with Gasteiger partial charge in [0.2, 0.25) is 0 Å². The number of ketones is 2. The maximum Gasteiger partial charge on any atom is 0.309 e. The van der Waals surface area contributed by atoms with E-state index in [2.05, 4.69) is 9.47 Å². The van der Waals surface area contributed by atoms with Gasteiger partial charge in [0.25, 0.3) is 0 Å². The van der Waals surface area contributed by atoms with Gasteiger partial charge in [-0.2, -0.15) is 13.5 Å². The van der Waals surface area contributed by atoms with Crippen LogP contribution in [0.2, 0.25) is 0 Å². The summed E-state index contributed by atoms with van der Waals surface area (Å²) in [6.07, 6.45) is 5.53. The average Bonchev–Trinajstić information content (AvgIpc) is 3.08. The van der Waals surface area contributed by atoms with Crippen molar-refractivity contribution in [3.8, 4) is 0 Å². The van der Waals surface area contributed by atoms with E-state index in [1.54, 1.807) is 0 Å². The van der Waals surface area contributed by atoms with E-state index in [0.717, 1.165) is 12.0 Å². The van der Waals surface area contributed by atoms with Crippen LogP contribution < -0.4 is 0 Å². The van der Waals surface area contributed by atoms with E-state index in [9.17, 15) is 19.2 Å². The van der Waals surface area contributed by atoms with Crippen molar-refractivity contribution in [2.75, 3.05) is 14.2 Å². The van der Waals surface area contributed by atoms with E-state index < -0.39 is 0 Å². The van der Waals surface area contributed by atoms with Crippen LogP contribution in [0.3, 0.4) is 0 Å². The summed E-state index contributed by atoms with van der Waals surface area (Å²) in [6, 6.07) is 0. The molecule has 1 atom stereocenters. The minimum absolute atomic E-state index is 0. The molecule has 0 unspecified atom stereocenters. The molecule has 1 saturated carbocycles. The molecular weight excluding hydrogens is 320 g/mol. The largest absolute Gasteiger partial charge is 0.469 e. The lowest BCUT2D eigenvalue weighted by molar-refractivity contribution is -0.142. The molecule has 2 rings (SSSR count). The summed E-state index contributed by atoms with van der Waals surface area (Å²) in [5, 5.41) is 0. The Morgan fingerprint density at radius 3 is 2.17 bits per heavy atom. The van der Waals surface area contributed by atoms with Gasteiger partial charge in [0.1, 0.15) is 5.78 Å². The smallest absolute Gasteiger partial charge is 0.309 e. The maximum absolute atomic E-state index is 10.8. The molecular formula is C16H24O6S. The van der Waals surface area contributed by atoms with Crippen molar-refractivity contribution in [1.82, 2.24) is 0 Å². The van der Waals surface area contributed by atoms with Crippen LogP contribution in [-0.4, -0.2) is 37.7 Å². The van der Waals surface area contributed by atoms with E-state index in [0.29, 0.717) is 32.1 Å². The van der Waals surface area contributed by atoms with Crippen LogP contribution in [0.15, 0.2) is 11.6 Å². The summed E-state index contributed by atoms with van der Waals surface area (Å²) in [5.41, 5.74) is 0.891. The van der Waals surface area contributed by atoms with E-state index in [-0.39, 0.29) is 49.3 Å². The van der Waals surface area contributed by atoms with Crippen LogP contribution >= 0.6 is 13.5 Å². The first-order valence-electron chi connectivity index (χ1n) is 7.32. The number of esters is 2. The van der Waals surface area contributed by atoms with Crippen molar-refractivity contribution in [2.45, 2.75) is 44.9 Å². The Hall–Kier alpha value is -1.63. The van der Waals surface area contributed by atoms with Gasteiger partial charge < -0.3 is 9.47 Å². The number of rotatable bonds is 4. The van der Waals surface area contributed by atoms with Crippen LogP contribution in [0, 0.1) is 5.92 Å². The maximum atomic E-state index is 10.8. The van der Waals surface area contributed by atoms with Gasteiger partial charge in [-0.05, 0) is 24.8 Å². The molecule has 6 nitrogen and oxygen atoms in total. The third-order valence-corrected chi connectivity index (χ3v) is 3.69. The number of methoxy groups -OCH3 is 2. The number of carbonyl (C=O) groups excluding carboxylic acids is 4. The number of carbonyl (C=O) groups is 4. The highest BCUT2D eigenvalue weighted by molar-refractivity contribution is 7.59. The summed E-state index contributed by atoms with van der Waals surface area (Å²) in [6.45, 7) is 0. The molecule has 0 radical (unpaired) electrons. The third kappa shape index (κ3) is 8.54. The molecule has 0 N–H and O–H groups in total. The lowest BCUT2D eigenvalue weighted by atomic mass is 10.0. The summed E-state index contributed by atoms with van der Waals surface area (Å²) in [7, 11) is 2.72. The first-order chi connectivity index (χ1) is 10.4. The highest BCUT2D eigenvalue weighted by atomic mass is 32.1. The second-order valence-electron chi connectivity index (χ2n) is 5.45. The average molecular weight is 344 g/mol. The summed E-state index contributed by atoms with van der Waals surface area (Å²) in [5.74, 6) is 0.161. The minimum atomic E-state index is -0.272. The van der Waals surface area contributed by atoms with Crippen LogP contribution in [0.5, 0.6) is 0 Å². The number of allylic oxidation sites excluding steroid dienone is 1. The van der Waals surface area contributed by atoms with Crippen molar-refractivity contribution in [2.24, 2.45) is 5.92 Å². The molecule has 130 valence electrons. The molecule has 0 spiro atoms. The normalized spacial score (nSPS) is 19.2.